The third kappa shape index (κ3) is 3.13. The van der Waals surface area contributed by atoms with E-state index in [4.69, 9.17) is 4.84 Å². The molecule has 18 heavy (non-hydrogen) atoms. The fourth-order valence-electron chi connectivity index (χ4n) is 1.46. The summed E-state index contributed by atoms with van der Waals surface area (Å²) in [6.07, 6.45) is 5.20. The van der Waals surface area contributed by atoms with Gasteiger partial charge in [0, 0.05) is 23.5 Å². The van der Waals surface area contributed by atoms with E-state index >= 15 is 0 Å². The van der Waals surface area contributed by atoms with Crippen molar-refractivity contribution in [1.29, 1.82) is 0 Å². The normalized spacial score (nSPS) is 11.1. The van der Waals surface area contributed by atoms with Gasteiger partial charge < -0.3 is 4.84 Å². The van der Waals surface area contributed by atoms with Crippen LogP contribution in [0.4, 0.5) is 0 Å². The Bertz CT molecular complexity index is 524. The largest absolute Gasteiger partial charge is 0.393 e. The first-order valence-electron chi connectivity index (χ1n) is 5.83. The zero-order valence-electron chi connectivity index (χ0n) is 10.4. The van der Waals surface area contributed by atoms with Crippen LogP contribution < -0.4 is 0 Å². The number of aromatic nitrogens is 2. The second-order valence-electron chi connectivity index (χ2n) is 4.05. The summed E-state index contributed by atoms with van der Waals surface area (Å²) in [6.45, 7) is 3.87. The Morgan fingerprint density at radius 1 is 1.11 bits per heavy atom. The Balaban J connectivity index is 2.29. The minimum atomic E-state index is 0.0707. The molecule has 0 aliphatic rings. The van der Waals surface area contributed by atoms with Crippen molar-refractivity contribution >= 4 is 6.21 Å². The molecule has 0 fully saturated rings. The lowest BCUT2D eigenvalue weighted by Crippen LogP contribution is -1.97. The molecule has 0 atom stereocenters. The Labute approximate surface area is 106 Å². The van der Waals surface area contributed by atoms with Gasteiger partial charge in [-0.2, -0.15) is 0 Å². The van der Waals surface area contributed by atoms with Crippen molar-refractivity contribution < 1.29 is 4.84 Å². The molecule has 0 unspecified atom stereocenters. The van der Waals surface area contributed by atoms with Crippen LogP contribution in [0, 0.1) is 0 Å². The number of nitrogens with zero attached hydrogens (tertiary/aromatic N) is 3. The fourth-order valence-corrected chi connectivity index (χ4v) is 1.46. The van der Waals surface area contributed by atoms with Gasteiger partial charge in [-0.15, -0.1) is 0 Å². The van der Waals surface area contributed by atoms with Crippen molar-refractivity contribution in [1.82, 2.24) is 9.97 Å². The highest BCUT2D eigenvalue weighted by atomic mass is 16.6. The molecule has 0 aliphatic carbocycles. The third-order valence-electron chi connectivity index (χ3n) is 2.23. The lowest BCUT2D eigenvalue weighted by atomic mass is 10.1. The summed E-state index contributed by atoms with van der Waals surface area (Å²) >= 11 is 0. The summed E-state index contributed by atoms with van der Waals surface area (Å²) in [4.78, 5) is 13.6. The molecule has 0 radical (unpaired) electrons. The van der Waals surface area contributed by atoms with Crippen LogP contribution in [0.3, 0.4) is 0 Å². The quantitative estimate of drug-likeness (QED) is 0.610. The third-order valence-corrected chi connectivity index (χ3v) is 2.23. The van der Waals surface area contributed by atoms with E-state index in [9.17, 15) is 0 Å². The molecule has 4 heteroatoms. The summed E-state index contributed by atoms with van der Waals surface area (Å²) in [5, 5.41) is 3.95. The fraction of sp³-hybridized carbons (Fsp3) is 0.214. The van der Waals surface area contributed by atoms with Crippen LogP contribution in [0.25, 0.3) is 11.4 Å². The predicted molar refractivity (Wildman–Crippen MR) is 71.3 cm³/mol. The molecule has 1 aromatic heterocycles. The molecular formula is C14H15N3O. The molecule has 1 heterocycles. The molecule has 0 N–H and O–H groups in total. The number of benzene rings is 1. The summed E-state index contributed by atoms with van der Waals surface area (Å²) in [6, 6.07) is 9.61. The predicted octanol–water partition coefficient (Wildman–Crippen LogP) is 2.90. The van der Waals surface area contributed by atoms with E-state index in [0.29, 0.717) is 5.82 Å². The van der Waals surface area contributed by atoms with E-state index in [1.54, 1.807) is 24.7 Å². The highest BCUT2D eigenvalue weighted by molar-refractivity contribution is 5.88. The lowest BCUT2D eigenvalue weighted by Gasteiger charge is -2.04. The zero-order chi connectivity index (χ0) is 12.8. The zero-order valence-corrected chi connectivity index (χ0v) is 10.4. The van der Waals surface area contributed by atoms with E-state index in [0.717, 1.165) is 11.1 Å². The van der Waals surface area contributed by atoms with Crippen molar-refractivity contribution in [3.8, 4) is 11.4 Å². The van der Waals surface area contributed by atoms with Crippen LogP contribution in [0.5, 0.6) is 0 Å². The first kappa shape index (κ1) is 12.2. The summed E-state index contributed by atoms with van der Waals surface area (Å²) in [7, 11) is 0. The van der Waals surface area contributed by atoms with Gasteiger partial charge in [0.05, 0.1) is 6.21 Å². The van der Waals surface area contributed by atoms with E-state index in [1.165, 1.54) is 0 Å². The second-order valence-corrected chi connectivity index (χ2v) is 4.05. The maximum atomic E-state index is 5.17. The maximum absolute atomic E-state index is 5.17. The number of hydrogen-bond donors (Lipinski definition) is 0. The Kier molecular flexibility index (Phi) is 4.02. The minimum Gasteiger partial charge on any atom is -0.393 e. The molecule has 0 bridgehead atoms. The van der Waals surface area contributed by atoms with Gasteiger partial charge in [-0.25, -0.2) is 9.97 Å². The van der Waals surface area contributed by atoms with Crippen LogP contribution in [0.2, 0.25) is 0 Å². The highest BCUT2D eigenvalue weighted by Crippen LogP contribution is 2.17. The molecule has 4 nitrogen and oxygen atoms in total. The van der Waals surface area contributed by atoms with Gasteiger partial charge in [-0.05, 0) is 19.9 Å². The minimum absolute atomic E-state index is 0.0707. The molecule has 0 spiro atoms. The SMILES string of the molecule is CC(C)O/N=C/c1ccccc1-c1ncccn1. The lowest BCUT2D eigenvalue weighted by molar-refractivity contribution is 0.0874. The summed E-state index contributed by atoms with van der Waals surface area (Å²) < 4.78 is 0. The monoisotopic (exact) mass is 241 g/mol. The average molecular weight is 241 g/mol. The molecule has 0 saturated carbocycles. The molecule has 0 saturated heterocycles. The molecule has 2 rings (SSSR count). The van der Waals surface area contributed by atoms with Crippen molar-refractivity contribution in [2.75, 3.05) is 0 Å². The molecule has 2 aromatic rings. The van der Waals surface area contributed by atoms with E-state index in [2.05, 4.69) is 15.1 Å². The van der Waals surface area contributed by atoms with Crippen LogP contribution in [-0.2, 0) is 4.84 Å². The molecular weight excluding hydrogens is 226 g/mol. The maximum Gasteiger partial charge on any atom is 0.159 e. The van der Waals surface area contributed by atoms with Crippen LogP contribution in [-0.4, -0.2) is 22.3 Å². The van der Waals surface area contributed by atoms with Gasteiger partial charge in [-0.3, -0.25) is 0 Å². The number of oxime groups is 1. The standard InChI is InChI=1S/C14H15N3O/c1-11(2)18-17-10-12-6-3-4-7-13(12)14-15-8-5-9-16-14/h3-11H,1-2H3/b17-10+. The van der Waals surface area contributed by atoms with Crippen LogP contribution >= 0.6 is 0 Å². The van der Waals surface area contributed by atoms with Crippen LogP contribution in [0.15, 0.2) is 47.9 Å². The Morgan fingerprint density at radius 2 is 1.83 bits per heavy atom. The Morgan fingerprint density at radius 3 is 2.56 bits per heavy atom. The average Bonchev–Trinajstić information content (AvgIpc) is 2.40. The van der Waals surface area contributed by atoms with Gasteiger partial charge >= 0.3 is 0 Å². The van der Waals surface area contributed by atoms with E-state index in [1.807, 2.05) is 38.1 Å². The van der Waals surface area contributed by atoms with Crippen molar-refractivity contribution in [2.45, 2.75) is 20.0 Å². The second kappa shape index (κ2) is 5.91. The molecule has 1 aromatic carbocycles. The van der Waals surface area contributed by atoms with Gasteiger partial charge in [0.2, 0.25) is 0 Å². The van der Waals surface area contributed by atoms with Gasteiger partial charge in [-0.1, -0.05) is 29.4 Å². The molecule has 92 valence electrons. The Hall–Kier alpha value is -2.23. The smallest absolute Gasteiger partial charge is 0.159 e. The first-order valence-corrected chi connectivity index (χ1v) is 5.83. The van der Waals surface area contributed by atoms with Gasteiger partial charge in [0.25, 0.3) is 0 Å². The number of hydrogen-bond acceptors (Lipinski definition) is 4. The first-order chi connectivity index (χ1) is 8.77. The molecule has 0 aliphatic heterocycles. The number of rotatable bonds is 4. The van der Waals surface area contributed by atoms with E-state index in [-0.39, 0.29) is 6.10 Å². The molecule has 0 amide bonds. The van der Waals surface area contributed by atoms with Crippen molar-refractivity contribution in [2.24, 2.45) is 5.16 Å². The van der Waals surface area contributed by atoms with Crippen molar-refractivity contribution in [3.63, 3.8) is 0 Å². The summed E-state index contributed by atoms with van der Waals surface area (Å²) in [5.41, 5.74) is 1.87. The highest BCUT2D eigenvalue weighted by Gasteiger charge is 2.04. The van der Waals surface area contributed by atoms with Crippen LogP contribution in [0.1, 0.15) is 19.4 Å². The van der Waals surface area contributed by atoms with Gasteiger partial charge in [0.1, 0.15) is 6.10 Å². The van der Waals surface area contributed by atoms with Crippen molar-refractivity contribution in [3.05, 3.63) is 48.3 Å². The van der Waals surface area contributed by atoms with E-state index < -0.39 is 0 Å². The summed E-state index contributed by atoms with van der Waals surface area (Å²) in [5.74, 6) is 0.684. The topological polar surface area (TPSA) is 47.4 Å². The van der Waals surface area contributed by atoms with Gasteiger partial charge in [0.15, 0.2) is 5.82 Å².